The summed E-state index contributed by atoms with van der Waals surface area (Å²) in [5.74, 6) is 0. The van der Waals surface area contributed by atoms with Crippen molar-refractivity contribution in [2.24, 2.45) is 0 Å². The van der Waals surface area contributed by atoms with Gasteiger partial charge in [0.05, 0.1) is 17.2 Å². The third-order valence-electron chi connectivity index (χ3n) is 2.14. The Morgan fingerprint density at radius 2 is 1.55 bits per heavy atom. The van der Waals surface area contributed by atoms with E-state index < -0.39 is 35.1 Å². The minimum atomic E-state index is -4.94. The van der Waals surface area contributed by atoms with Crippen LogP contribution in [0.25, 0.3) is 0 Å². The van der Waals surface area contributed by atoms with Crippen LogP contribution in [-0.4, -0.2) is 23.3 Å². The van der Waals surface area contributed by atoms with Crippen molar-refractivity contribution >= 4 is 31.1 Å². The molecule has 0 aromatic heterocycles. The highest BCUT2D eigenvalue weighted by molar-refractivity contribution is 9.23. The Morgan fingerprint density at radius 3 is 1.85 bits per heavy atom. The first kappa shape index (κ1) is 20.0. The topological polar surface area (TPSA) is 20.2 Å². The van der Waals surface area contributed by atoms with Gasteiger partial charge in [0.15, 0.2) is 0 Å². The Labute approximate surface area is 128 Å². The fourth-order valence-electron chi connectivity index (χ4n) is 1.34. The minimum absolute atomic E-state index is 0.00204. The SMILES string of the molecule is CC(O)c1ccc(C(F)(F)F)cc1C(F)(F)F.[CH3][Mg][Br]. The van der Waals surface area contributed by atoms with Gasteiger partial charge < -0.3 is 18.0 Å². The van der Waals surface area contributed by atoms with Gasteiger partial charge in [-0.15, -0.1) is 5.05 Å². The molecule has 1 N–H and O–H groups in total. The molecule has 0 aliphatic heterocycles. The maximum absolute atomic E-state index is 12.5. The molecule has 0 spiro atoms. The van der Waals surface area contributed by atoms with Gasteiger partial charge in [-0.3, -0.25) is 0 Å². The van der Waals surface area contributed by atoms with Crippen LogP contribution < -0.4 is 0 Å². The average molecular weight is 377 g/mol. The summed E-state index contributed by atoms with van der Waals surface area (Å²) in [6.07, 6.45) is -11.3. The molecule has 1 unspecified atom stereocenters. The third kappa shape index (κ3) is 6.19. The number of alkyl halides is 6. The van der Waals surface area contributed by atoms with Crippen LogP contribution in [0.1, 0.15) is 29.7 Å². The van der Waals surface area contributed by atoms with E-state index in [9.17, 15) is 26.3 Å². The molecule has 1 rings (SSSR count). The first-order valence-electron chi connectivity index (χ1n) is 5.47. The van der Waals surface area contributed by atoms with Gasteiger partial charge in [-0.25, -0.2) is 0 Å². The number of halogens is 7. The van der Waals surface area contributed by atoms with E-state index in [4.69, 9.17) is 5.11 Å². The van der Waals surface area contributed by atoms with Crippen LogP contribution >= 0.6 is 12.9 Å². The highest BCUT2D eigenvalue weighted by Gasteiger charge is 2.38. The van der Waals surface area contributed by atoms with E-state index in [1.165, 1.54) is 0 Å². The first-order valence-corrected chi connectivity index (χ1v) is 10.8. The lowest BCUT2D eigenvalue weighted by molar-refractivity contribution is -0.144. The second kappa shape index (κ2) is 7.86. The monoisotopic (exact) mass is 376 g/mol. The molecule has 0 amide bonds. The van der Waals surface area contributed by atoms with Gasteiger partial charge in [-0.1, -0.05) is 6.07 Å². The zero-order valence-electron chi connectivity index (χ0n) is 10.6. The lowest BCUT2D eigenvalue weighted by Gasteiger charge is -2.17. The molecule has 0 bridgehead atoms. The van der Waals surface area contributed by atoms with Crippen LogP contribution in [-0.2, 0) is 12.4 Å². The highest BCUT2D eigenvalue weighted by atomic mass is 79.9. The van der Waals surface area contributed by atoms with Crippen LogP contribution in [0.4, 0.5) is 26.3 Å². The summed E-state index contributed by atoms with van der Waals surface area (Å²) in [5.41, 5.74) is -3.44. The molecule has 0 aliphatic carbocycles. The molecule has 1 atom stereocenters. The van der Waals surface area contributed by atoms with Crippen molar-refractivity contribution in [3.8, 4) is 0 Å². The number of hydrogen-bond acceptors (Lipinski definition) is 1. The first-order chi connectivity index (χ1) is 8.95. The molecular weight excluding hydrogens is 366 g/mol. The maximum atomic E-state index is 12.5. The second-order valence-corrected chi connectivity index (χ2v) is 7.64. The lowest BCUT2D eigenvalue weighted by Crippen LogP contribution is -2.14. The minimum Gasteiger partial charge on any atom is -0.389 e. The summed E-state index contributed by atoms with van der Waals surface area (Å²) >= 11 is 3.51. The Kier molecular flexibility index (Phi) is 7.86. The molecule has 9 heteroatoms. The summed E-state index contributed by atoms with van der Waals surface area (Å²) in [5, 5.41) is 11.3. The maximum Gasteiger partial charge on any atom is 0.465 e. The van der Waals surface area contributed by atoms with Gasteiger partial charge in [0.2, 0.25) is 0 Å². The van der Waals surface area contributed by atoms with Crippen molar-refractivity contribution in [2.75, 3.05) is 0 Å². The largest absolute Gasteiger partial charge is 0.465 e. The van der Waals surface area contributed by atoms with Crippen molar-refractivity contribution in [1.82, 2.24) is 0 Å². The number of benzene rings is 1. The van der Waals surface area contributed by atoms with Crippen LogP contribution in [0.3, 0.4) is 0 Å². The zero-order chi connectivity index (χ0) is 16.1. The van der Waals surface area contributed by atoms with Crippen LogP contribution in [0.5, 0.6) is 0 Å². The normalized spacial score (nSPS) is 13.1. The zero-order valence-corrected chi connectivity index (χ0v) is 13.6. The van der Waals surface area contributed by atoms with Gasteiger partial charge in [-0.2, -0.15) is 26.3 Å². The Bertz CT molecular complexity index is 430. The van der Waals surface area contributed by atoms with Crippen LogP contribution in [0, 0.1) is 0 Å². The Hall–Kier alpha value is 0.00623. The predicted molar refractivity (Wildman–Crippen MR) is 67.6 cm³/mol. The fraction of sp³-hybridized carbons (Fsp3) is 0.455. The van der Waals surface area contributed by atoms with Gasteiger partial charge >= 0.3 is 30.5 Å². The molecule has 0 radical (unpaired) electrons. The molecule has 0 saturated carbocycles. The van der Waals surface area contributed by atoms with Crippen LogP contribution in [0.2, 0.25) is 5.05 Å². The summed E-state index contributed by atoms with van der Waals surface area (Å²) in [4.78, 5) is 0. The standard InChI is InChI=1S/C10H8F6O.CH3.BrH.Mg/c1-5(17)7-3-2-6(9(11,12)13)4-8(7)10(14,15)16;;;/h2-5,17H,1H3;1H3;1H;/q;;;+1/p-1. The van der Waals surface area contributed by atoms with E-state index in [1.807, 2.05) is 0 Å². The molecule has 112 valence electrons. The fourth-order valence-corrected chi connectivity index (χ4v) is 1.34. The quantitative estimate of drug-likeness (QED) is 0.549. The van der Waals surface area contributed by atoms with Gasteiger partial charge in [0, 0.05) is 0 Å². The van der Waals surface area contributed by atoms with Crippen molar-refractivity contribution in [1.29, 1.82) is 0 Å². The summed E-state index contributed by atoms with van der Waals surface area (Å²) in [6, 6.07) is 1.15. The van der Waals surface area contributed by atoms with E-state index in [0.717, 1.165) is 6.92 Å². The highest BCUT2D eigenvalue weighted by Crippen LogP contribution is 2.38. The average Bonchev–Trinajstić information content (AvgIpc) is 2.26. The van der Waals surface area contributed by atoms with Crippen molar-refractivity contribution in [2.45, 2.75) is 30.4 Å². The van der Waals surface area contributed by atoms with Gasteiger partial charge in [-0.05, 0) is 24.6 Å². The van der Waals surface area contributed by atoms with E-state index >= 15 is 0 Å². The summed E-state index contributed by atoms with van der Waals surface area (Å²) in [7, 11) is 0. The molecule has 0 heterocycles. The molecule has 0 aliphatic rings. The molecule has 20 heavy (non-hydrogen) atoms. The Morgan fingerprint density at radius 1 is 1.10 bits per heavy atom. The predicted octanol–water partition coefficient (Wildman–Crippen LogP) is 4.83. The van der Waals surface area contributed by atoms with E-state index in [2.05, 4.69) is 17.9 Å². The third-order valence-corrected chi connectivity index (χ3v) is 2.14. The number of hydrogen-bond donors (Lipinski definition) is 1. The molecule has 1 nitrogen and oxygen atoms in total. The van der Waals surface area contributed by atoms with Crippen molar-refractivity contribution in [3.63, 3.8) is 0 Å². The number of aliphatic hydroxyl groups excluding tert-OH is 1. The molecule has 0 saturated heterocycles. The summed E-state index contributed by atoms with van der Waals surface area (Å²) < 4.78 is 74.3. The molecular formula is C11H11BrF6MgO. The lowest BCUT2D eigenvalue weighted by atomic mass is 9.99. The van der Waals surface area contributed by atoms with Gasteiger partial charge in [0.1, 0.15) is 0 Å². The Balaban J connectivity index is 0.00000110. The van der Waals surface area contributed by atoms with E-state index in [0.29, 0.717) is 12.1 Å². The van der Waals surface area contributed by atoms with Crippen LogP contribution in [0.15, 0.2) is 18.2 Å². The van der Waals surface area contributed by atoms with Crippen molar-refractivity contribution < 1.29 is 31.4 Å². The molecule has 1 aromatic carbocycles. The molecule has 0 fully saturated rings. The second-order valence-electron chi connectivity index (χ2n) is 3.74. The van der Waals surface area contributed by atoms with Gasteiger partial charge in [0.25, 0.3) is 0 Å². The number of aliphatic hydroxyl groups is 1. The molecule has 1 aromatic rings. The van der Waals surface area contributed by atoms with Crippen molar-refractivity contribution in [3.05, 3.63) is 34.9 Å². The van der Waals surface area contributed by atoms with E-state index in [1.54, 1.807) is 0 Å². The smallest absolute Gasteiger partial charge is 0.389 e. The number of rotatable bonds is 1. The van der Waals surface area contributed by atoms with E-state index in [-0.39, 0.29) is 24.3 Å². The summed E-state index contributed by atoms with van der Waals surface area (Å²) in [6.45, 7) is 1.05.